The second-order valence-electron chi connectivity index (χ2n) is 19.7. The van der Waals surface area contributed by atoms with Crippen molar-refractivity contribution in [1.29, 1.82) is 0 Å². The fraction of sp³-hybridized carbons (Fsp3) is 0.0938. The SMILES string of the molecule is Cc1ccc2c(c1)[Si]1(c3cc(C)ccc3-2)c2cc(N3c4ccccc4C4(c5cc(-c6ccccc6)ccc53)c3ccccc3C(C)(C)c3ccccc34)ccc2-c2cc3ccccc3cc21. The first-order valence-corrected chi connectivity index (χ1v) is 25.5. The third-order valence-electron chi connectivity index (χ3n) is 16.0. The van der Waals surface area contributed by atoms with Gasteiger partial charge in [0, 0.05) is 11.1 Å². The van der Waals surface area contributed by atoms with Gasteiger partial charge in [-0.3, -0.25) is 0 Å². The van der Waals surface area contributed by atoms with E-state index in [9.17, 15) is 0 Å². The molecular formula is C64H47NSi. The summed E-state index contributed by atoms with van der Waals surface area (Å²) in [6.45, 7) is 9.36. The molecule has 1 nitrogen and oxygen atoms in total. The summed E-state index contributed by atoms with van der Waals surface area (Å²) in [5.41, 5.74) is 21.6. The molecule has 0 radical (unpaired) electrons. The highest BCUT2D eigenvalue weighted by molar-refractivity contribution is 7.24. The number of rotatable bonds is 2. The summed E-state index contributed by atoms with van der Waals surface area (Å²) in [6.07, 6.45) is 0. The molecule has 14 rings (SSSR count). The molecule has 3 heterocycles. The van der Waals surface area contributed by atoms with E-state index in [0.29, 0.717) is 0 Å². The zero-order valence-corrected chi connectivity index (χ0v) is 38.7. The molecule has 0 bridgehead atoms. The highest BCUT2D eigenvalue weighted by Crippen LogP contribution is 2.63. The van der Waals surface area contributed by atoms with E-state index in [1.165, 1.54) is 126 Å². The van der Waals surface area contributed by atoms with Gasteiger partial charge in [-0.25, -0.2) is 0 Å². The van der Waals surface area contributed by atoms with Crippen molar-refractivity contribution in [1.82, 2.24) is 0 Å². The smallest absolute Gasteiger partial charge is 0.182 e. The number of anilines is 3. The lowest BCUT2D eigenvalue weighted by Gasteiger charge is -2.52. The Bertz CT molecular complexity index is 3620. The fourth-order valence-electron chi connectivity index (χ4n) is 13.2. The van der Waals surface area contributed by atoms with Gasteiger partial charge >= 0.3 is 0 Å². The van der Waals surface area contributed by atoms with Crippen molar-refractivity contribution >= 4 is 56.7 Å². The molecule has 66 heavy (non-hydrogen) atoms. The normalized spacial score (nSPS) is 15.6. The van der Waals surface area contributed by atoms with Crippen LogP contribution in [0, 0.1) is 13.8 Å². The molecule has 3 aliphatic heterocycles. The van der Waals surface area contributed by atoms with Crippen LogP contribution in [0.25, 0.3) is 44.2 Å². The first-order valence-electron chi connectivity index (χ1n) is 23.5. The van der Waals surface area contributed by atoms with Crippen molar-refractivity contribution in [3.8, 4) is 33.4 Å². The maximum atomic E-state index is 2.63. The van der Waals surface area contributed by atoms with E-state index in [1.54, 1.807) is 0 Å². The van der Waals surface area contributed by atoms with Crippen LogP contribution in [-0.2, 0) is 10.8 Å². The van der Waals surface area contributed by atoms with E-state index in [-0.39, 0.29) is 5.41 Å². The van der Waals surface area contributed by atoms with Crippen LogP contribution >= 0.6 is 0 Å². The Morgan fingerprint density at radius 3 is 1.52 bits per heavy atom. The molecule has 1 aliphatic carbocycles. The third-order valence-corrected chi connectivity index (χ3v) is 20.9. The van der Waals surface area contributed by atoms with Crippen molar-refractivity contribution in [2.75, 3.05) is 4.90 Å². The zero-order chi connectivity index (χ0) is 44.1. The molecule has 10 aromatic rings. The molecule has 0 atom stereocenters. The Labute approximate surface area is 388 Å². The summed E-state index contributed by atoms with van der Waals surface area (Å²) < 4.78 is 0. The third kappa shape index (κ3) is 4.69. The molecule has 0 unspecified atom stereocenters. The lowest BCUT2D eigenvalue weighted by atomic mass is 9.53. The van der Waals surface area contributed by atoms with Crippen LogP contribution in [0.2, 0.25) is 0 Å². The molecular weight excluding hydrogens is 811 g/mol. The number of aryl methyl sites for hydroxylation is 2. The van der Waals surface area contributed by atoms with Gasteiger partial charge in [-0.15, -0.1) is 0 Å². The van der Waals surface area contributed by atoms with Crippen molar-refractivity contribution in [2.24, 2.45) is 0 Å². The second-order valence-corrected chi connectivity index (χ2v) is 23.4. The van der Waals surface area contributed by atoms with Gasteiger partial charge in [0.25, 0.3) is 0 Å². The maximum absolute atomic E-state index is 2.84. The van der Waals surface area contributed by atoms with Crippen molar-refractivity contribution in [3.63, 3.8) is 0 Å². The van der Waals surface area contributed by atoms with E-state index in [0.717, 1.165) is 0 Å². The highest BCUT2D eigenvalue weighted by Gasteiger charge is 2.56. The lowest BCUT2D eigenvalue weighted by molar-refractivity contribution is 0.556. The Hall–Kier alpha value is -7.52. The van der Waals surface area contributed by atoms with Crippen LogP contribution < -0.4 is 25.6 Å². The average Bonchev–Trinajstić information content (AvgIpc) is 3.79. The Kier molecular flexibility index (Phi) is 7.61. The molecule has 0 N–H and O–H groups in total. The molecule has 2 spiro atoms. The van der Waals surface area contributed by atoms with Gasteiger partial charge in [0.15, 0.2) is 8.07 Å². The van der Waals surface area contributed by atoms with Crippen molar-refractivity contribution in [2.45, 2.75) is 38.5 Å². The van der Waals surface area contributed by atoms with E-state index in [1.807, 2.05) is 0 Å². The molecule has 2 heteroatoms. The van der Waals surface area contributed by atoms with Crippen LogP contribution in [0.4, 0.5) is 17.1 Å². The molecule has 0 fully saturated rings. The van der Waals surface area contributed by atoms with E-state index in [2.05, 4.69) is 245 Å². The Morgan fingerprint density at radius 1 is 0.348 bits per heavy atom. The number of hydrogen-bond acceptors (Lipinski definition) is 1. The monoisotopic (exact) mass is 857 g/mol. The van der Waals surface area contributed by atoms with E-state index >= 15 is 0 Å². The van der Waals surface area contributed by atoms with E-state index in [4.69, 9.17) is 0 Å². The van der Waals surface area contributed by atoms with E-state index < -0.39 is 13.5 Å². The quantitative estimate of drug-likeness (QED) is 0.157. The largest absolute Gasteiger partial charge is 0.310 e. The molecule has 0 amide bonds. The van der Waals surface area contributed by atoms with Gasteiger partial charge in [-0.1, -0.05) is 201 Å². The summed E-state index contributed by atoms with van der Waals surface area (Å²) in [7, 11) is -2.84. The van der Waals surface area contributed by atoms with Gasteiger partial charge in [0.05, 0.1) is 16.8 Å². The summed E-state index contributed by atoms with van der Waals surface area (Å²) in [5.74, 6) is 0. The van der Waals surface area contributed by atoms with Gasteiger partial charge in [-0.2, -0.15) is 0 Å². The summed E-state index contributed by atoms with van der Waals surface area (Å²) in [6, 6.07) is 82.2. The van der Waals surface area contributed by atoms with Crippen LogP contribution in [0.15, 0.2) is 212 Å². The molecule has 312 valence electrons. The number of hydrogen-bond donors (Lipinski definition) is 0. The van der Waals surface area contributed by atoms with Crippen molar-refractivity contribution in [3.05, 3.63) is 257 Å². The maximum Gasteiger partial charge on any atom is 0.182 e. The fourth-order valence-corrected chi connectivity index (χ4v) is 19.1. The molecule has 10 aromatic carbocycles. The minimum Gasteiger partial charge on any atom is -0.310 e. The summed E-state index contributed by atoms with van der Waals surface area (Å²) >= 11 is 0. The zero-order valence-electron chi connectivity index (χ0n) is 37.7. The first kappa shape index (κ1) is 37.8. The average molecular weight is 858 g/mol. The van der Waals surface area contributed by atoms with Gasteiger partial charge < -0.3 is 4.90 Å². The van der Waals surface area contributed by atoms with Crippen LogP contribution in [0.5, 0.6) is 0 Å². The van der Waals surface area contributed by atoms with Crippen LogP contribution in [0.3, 0.4) is 0 Å². The molecule has 4 aliphatic rings. The van der Waals surface area contributed by atoms with Gasteiger partial charge in [0.2, 0.25) is 0 Å². The minimum absolute atomic E-state index is 0.189. The predicted molar refractivity (Wildman–Crippen MR) is 279 cm³/mol. The summed E-state index contributed by atoms with van der Waals surface area (Å²) in [4.78, 5) is 2.61. The highest BCUT2D eigenvalue weighted by atomic mass is 28.3. The lowest BCUT2D eigenvalue weighted by Crippen LogP contribution is -2.70. The number of nitrogens with zero attached hydrogens (tertiary/aromatic N) is 1. The second kappa shape index (κ2) is 13.3. The predicted octanol–water partition coefficient (Wildman–Crippen LogP) is 13.3. The Balaban J connectivity index is 1.10. The number of benzene rings is 10. The standard InChI is InChI=1S/C64H47NSi/c1-40-26-30-47-48-31-27-41(2)35-60(48)66(59(47)34-40)61-38-44-19-9-8-18-43(44)36-50(61)49-32-29-46(39-62(49)66)65-57-25-15-14-24-55(57)64(56-37-45(28-33-58(56)65)42-16-6-5-7-17-42)53-22-12-10-20-51(53)63(3,4)52-21-11-13-23-54(52)64/h5-39H,1-4H3. The molecule has 0 aromatic heterocycles. The Morgan fingerprint density at radius 2 is 0.848 bits per heavy atom. The minimum atomic E-state index is -2.84. The van der Waals surface area contributed by atoms with Crippen molar-refractivity contribution < 1.29 is 0 Å². The van der Waals surface area contributed by atoms with Crippen LogP contribution in [0.1, 0.15) is 58.4 Å². The summed E-state index contributed by atoms with van der Waals surface area (Å²) in [5, 5.41) is 8.62. The van der Waals surface area contributed by atoms with Gasteiger partial charge in [-0.05, 0) is 149 Å². The van der Waals surface area contributed by atoms with Gasteiger partial charge in [0.1, 0.15) is 0 Å². The number of para-hydroxylation sites is 1. The first-order chi connectivity index (χ1) is 32.3. The molecule has 0 saturated carbocycles. The van der Waals surface area contributed by atoms with Crippen LogP contribution in [-0.4, -0.2) is 8.07 Å². The molecule has 0 saturated heterocycles. The number of fused-ring (bicyclic) bond motifs is 19. The topological polar surface area (TPSA) is 3.24 Å².